The van der Waals surface area contributed by atoms with Crippen molar-refractivity contribution in [3.63, 3.8) is 0 Å². The molecule has 0 amide bonds. The topological polar surface area (TPSA) is 67.2 Å². The molecular formula is C11H18BrN3O2. The van der Waals surface area contributed by atoms with Gasteiger partial charge in [-0.2, -0.15) is 5.10 Å². The van der Waals surface area contributed by atoms with Gasteiger partial charge in [0.2, 0.25) is 0 Å². The van der Waals surface area contributed by atoms with Crippen LogP contribution >= 0.6 is 15.9 Å². The fourth-order valence-electron chi connectivity index (χ4n) is 1.63. The lowest BCUT2D eigenvalue weighted by molar-refractivity contribution is -0.140. The monoisotopic (exact) mass is 303 g/mol. The van der Waals surface area contributed by atoms with E-state index in [0.29, 0.717) is 6.54 Å². The summed E-state index contributed by atoms with van der Waals surface area (Å²) in [7, 11) is 0. The van der Waals surface area contributed by atoms with Gasteiger partial charge in [-0.25, -0.2) is 0 Å². The van der Waals surface area contributed by atoms with Crippen LogP contribution in [0.4, 0.5) is 0 Å². The maximum atomic E-state index is 11.1. The molecule has 2 N–H and O–H groups in total. The van der Waals surface area contributed by atoms with Crippen LogP contribution in [0.15, 0.2) is 4.47 Å². The molecule has 0 saturated carbocycles. The molecule has 1 unspecified atom stereocenters. The number of halogens is 1. The summed E-state index contributed by atoms with van der Waals surface area (Å²) in [6, 6.07) is -0.503. The second kappa shape index (κ2) is 5.64. The molecule has 0 aliphatic rings. The first-order valence-corrected chi connectivity index (χ1v) is 6.30. The van der Waals surface area contributed by atoms with E-state index in [0.717, 1.165) is 15.9 Å². The van der Waals surface area contributed by atoms with Gasteiger partial charge in [0.25, 0.3) is 0 Å². The number of nitrogens with zero attached hydrogens (tertiary/aromatic N) is 2. The molecule has 1 aromatic heterocycles. The Bertz CT molecular complexity index is 415. The number of aryl methyl sites for hydroxylation is 1. The lowest BCUT2D eigenvalue weighted by Gasteiger charge is -2.17. The molecule has 17 heavy (non-hydrogen) atoms. The van der Waals surface area contributed by atoms with E-state index in [-0.39, 0.29) is 6.04 Å². The zero-order valence-corrected chi connectivity index (χ0v) is 12.1. The minimum Gasteiger partial charge on any atom is -0.480 e. The molecular weight excluding hydrogens is 286 g/mol. The lowest BCUT2D eigenvalue weighted by Crippen LogP contribution is -2.44. The van der Waals surface area contributed by atoms with Crippen LogP contribution in [0.1, 0.15) is 25.2 Å². The van der Waals surface area contributed by atoms with Crippen LogP contribution in [0.5, 0.6) is 0 Å². The maximum absolute atomic E-state index is 11.1. The molecule has 0 bridgehead atoms. The number of carbonyl (C=O) groups is 1. The first-order valence-electron chi connectivity index (χ1n) is 5.51. The number of nitrogens with one attached hydrogen (secondary N) is 1. The maximum Gasteiger partial charge on any atom is 0.322 e. The first-order chi connectivity index (χ1) is 7.82. The van der Waals surface area contributed by atoms with Crippen molar-refractivity contribution in [2.24, 2.45) is 0 Å². The highest BCUT2D eigenvalue weighted by molar-refractivity contribution is 9.10. The van der Waals surface area contributed by atoms with Gasteiger partial charge in [0.1, 0.15) is 6.04 Å². The Morgan fingerprint density at radius 2 is 2.12 bits per heavy atom. The SMILES string of the molecule is Cc1nn(CC(NC(C)C)C(=O)O)c(C)c1Br. The molecule has 1 aromatic rings. The highest BCUT2D eigenvalue weighted by atomic mass is 79.9. The Hall–Kier alpha value is -0.880. The van der Waals surface area contributed by atoms with Gasteiger partial charge >= 0.3 is 5.97 Å². The predicted molar refractivity (Wildman–Crippen MR) is 69.1 cm³/mol. The van der Waals surface area contributed by atoms with E-state index in [2.05, 4.69) is 26.3 Å². The number of carboxylic acids is 1. The number of carboxylic acid groups (broad SMARTS) is 1. The average molecular weight is 304 g/mol. The second-order valence-electron chi connectivity index (χ2n) is 4.38. The van der Waals surface area contributed by atoms with Crippen molar-refractivity contribution in [1.82, 2.24) is 15.1 Å². The molecule has 5 nitrogen and oxygen atoms in total. The van der Waals surface area contributed by atoms with Gasteiger partial charge in [0.15, 0.2) is 0 Å². The largest absolute Gasteiger partial charge is 0.480 e. The van der Waals surface area contributed by atoms with Gasteiger partial charge < -0.3 is 10.4 Å². The molecule has 0 aromatic carbocycles. The molecule has 1 rings (SSSR count). The summed E-state index contributed by atoms with van der Waals surface area (Å²) in [6.07, 6.45) is 0. The van der Waals surface area contributed by atoms with Crippen LogP contribution in [0, 0.1) is 13.8 Å². The summed E-state index contributed by atoms with van der Waals surface area (Å²) in [5.41, 5.74) is 1.82. The van der Waals surface area contributed by atoms with Crippen LogP contribution in [0.25, 0.3) is 0 Å². The Labute approximate surface area is 109 Å². The highest BCUT2D eigenvalue weighted by Crippen LogP contribution is 2.19. The van der Waals surface area contributed by atoms with E-state index in [9.17, 15) is 4.79 Å². The van der Waals surface area contributed by atoms with Crippen LogP contribution in [-0.2, 0) is 11.3 Å². The van der Waals surface area contributed by atoms with E-state index in [1.807, 2.05) is 27.7 Å². The predicted octanol–water partition coefficient (Wildman–Crippen LogP) is 1.71. The zero-order chi connectivity index (χ0) is 13.2. The molecule has 1 heterocycles. The van der Waals surface area contributed by atoms with Gasteiger partial charge in [-0.15, -0.1) is 0 Å². The van der Waals surface area contributed by atoms with E-state index >= 15 is 0 Å². The first kappa shape index (κ1) is 14.2. The number of aliphatic carboxylic acids is 1. The van der Waals surface area contributed by atoms with Crippen molar-refractivity contribution in [3.8, 4) is 0 Å². The molecule has 0 radical (unpaired) electrons. The molecule has 0 aliphatic heterocycles. The second-order valence-corrected chi connectivity index (χ2v) is 5.17. The van der Waals surface area contributed by atoms with Crippen molar-refractivity contribution in [2.45, 2.75) is 46.3 Å². The Morgan fingerprint density at radius 3 is 2.47 bits per heavy atom. The number of hydrogen-bond acceptors (Lipinski definition) is 3. The van der Waals surface area contributed by atoms with Crippen molar-refractivity contribution < 1.29 is 9.90 Å². The summed E-state index contributed by atoms with van der Waals surface area (Å²) >= 11 is 3.43. The molecule has 6 heteroatoms. The lowest BCUT2D eigenvalue weighted by atomic mass is 10.2. The normalized spacial score (nSPS) is 13.1. The van der Waals surface area contributed by atoms with Crippen molar-refractivity contribution in [2.75, 3.05) is 0 Å². The molecule has 96 valence electrons. The molecule has 0 aliphatic carbocycles. The van der Waals surface area contributed by atoms with Crippen LogP contribution in [0.2, 0.25) is 0 Å². The summed E-state index contributed by atoms with van der Waals surface area (Å²) in [5.74, 6) is -0.859. The third-order valence-electron chi connectivity index (χ3n) is 2.48. The van der Waals surface area contributed by atoms with Gasteiger partial charge in [-0.05, 0) is 29.8 Å². The van der Waals surface area contributed by atoms with Crippen molar-refractivity contribution in [1.29, 1.82) is 0 Å². The third-order valence-corrected chi connectivity index (χ3v) is 3.63. The van der Waals surface area contributed by atoms with Crippen molar-refractivity contribution >= 4 is 21.9 Å². The molecule has 0 spiro atoms. The average Bonchev–Trinajstić information content (AvgIpc) is 2.44. The minimum atomic E-state index is -0.859. The van der Waals surface area contributed by atoms with E-state index < -0.39 is 12.0 Å². The van der Waals surface area contributed by atoms with Gasteiger partial charge in [0, 0.05) is 11.7 Å². The fourth-order valence-corrected chi connectivity index (χ4v) is 1.91. The summed E-state index contributed by atoms with van der Waals surface area (Å²) in [6.45, 7) is 7.98. The standard InChI is InChI=1S/C11H18BrN3O2/c1-6(2)13-9(11(16)17)5-15-8(4)10(12)7(3)14-15/h6,9,13H,5H2,1-4H3,(H,16,17). The highest BCUT2D eigenvalue weighted by Gasteiger charge is 2.21. The molecule has 0 saturated heterocycles. The summed E-state index contributed by atoms with van der Waals surface area (Å²) in [5, 5.41) is 16.4. The number of rotatable bonds is 5. The van der Waals surface area contributed by atoms with Crippen LogP contribution in [0.3, 0.4) is 0 Å². The van der Waals surface area contributed by atoms with Gasteiger partial charge in [0.05, 0.1) is 16.7 Å². The van der Waals surface area contributed by atoms with E-state index in [1.54, 1.807) is 4.68 Å². The Balaban J connectivity index is 2.86. The molecule has 1 atom stereocenters. The van der Waals surface area contributed by atoms with E-state index in [1.165, 1.54) is 0 Å². The van der Waals surface area contributed by atoms with Gasteiger partial charge in [-0.1, -0.05) is 13.8 Å². The van der Waals surface area contributed by atoms with Crippen LogP contribution < -0.4 is 5.32 Å². The Kier molecular flexibility index (Phi) is 4.70. The van der Waals surface area contributed by atoms with Crippen LogP contribution in [-0.4, -0.2) is 32.9 Å². The number of hydrogen-bond donors (Lipinski definition) is 2. The number of aromatic nitrogens is 2. The summed E-state index contributed by atoms with van der Waals surface area (Å²) in [4.78, 5) is 11.1. The smallest absolute Gasteiger partial charge is 0.322 e. The molecule has 0 fully saturated rings. The van der Waals surface area contributed by atoms with Gasteiger partial charge in [-0.3, -0.25) is 9.48 Å². The Morgan fingerprint density at radius 1 is 1.53 bits per heavy atom. The zero-order valence-electron chi connectivity index (χ0n) is 10.5. The van der Waals surface area contributed by atoms with Crippen molar-refractivity contribution in [3.05, 3.63) is 15.9 Å². The van der Waals surface area contributed by atoms with E-state index in [4.69, 9.17) is 5.11 Å². The minimum absolute atomic E-state index is 0.122. The third kappa shape index (κ3) is 3.54. The quantitative estimate of drug-likeness (QED) is 0.869. The fraction of sp³-hybridized carbons (Fsp3) is 0.636. The summed E-state index contributed by atoms with van der Waals surface area (Å²) < 4.78 is 2.65.